The van der Waals surface area contributed by atoms with E-state index in [2.05, 4.69) is 20.3 Å². The van der Waals surface area contributed by atoms with E-state index in [0.29, 0.717) is 0 Å². The summed E-state index contributed by atoms with van der Waals surface area (Å²) in [5, 5.41) is 54.0. The molecule has 30 heavy (non-hydrogen) atoms. The zero-order valence-corrected chi connectivity index (χ0v) is 18.0. The number of hydrogen-bond donors (Lipinski definition) is 6. The Hall–Kier alpha value is -1.91. The first-order chi connectivity index (χ1) is 13.7. The summed E-state index contributed by atoms with van der Waals surface area (Å²) < 4.78 is 6.72. The van der Waals surface area contributed by atoms with Gasteiger partial charge in [-0.3, -0.25) is 9.88 Å². The van der Waals surface area contributed by atoms with Gasteiger partial charge in [0.1, 0.15) is 24.6 Å². The van der Waals surface area contributed by atoms with Gasteiger partial charge in [0.15, 0.2) is 23.2 Å². The molecule has 1 saturated heterocycles. The van der Waals surface area contributed by atoms with Crippen molar-refractivity contribution in [1.82, 2.24) is 24.8 Å². The number of carbonyl (C=O) groups is 2. The number of fused-ring (bicyclic) bond motifs is 1. The van der Waals surface area contributed by atoms with E-state index >= 15 is 0 Å². The Labute approximate surface area is 191 Å². The number of aliphatic carboxylic acids is 1. The van der Waals surface area contributed by atoms with E-state index in [1.165, 1.54) is 17.8 Å². The molecule has 0 bridgehead atoms. The number of carboxylic acids is 1. The number of rotatable bonds is 6. The number of hydrogen-bond acceptors (Lipinski definition) is 11. The van der Waals surface area contributed by atoms with Crippen molar-refractivity contribution in [2.45, 2.75) is 43.6 Å². The zero-order valence-electron chi connectivity index (χ0n) is 16.0. The van der Waals surface area contributed by atoms with Gasteiger partial charge in [-0.05, 0) is 6.92 Å². The van der Waals surface area contributed by atoms with Crippen LogP contribution in [-0.2, 0) is 9.53 Å². The van der Waals surface area contributed by atoms with Crippen LogP contribution in [0.4, 0.5) is 10.6 Å². The van der Waals surface area contributed by atoms with Crippen LogP contribution in [0, 0.1) is 0 Å². The molecule has 0 aliphatic carbocycles. The maximum Gasteiger partial charge on any atom is 1.00 e. The number of anilines is 1. The summed E-state index contributed by atoms with van der Waals surface area (Å²) in [6.07, 6.45) is -3.86. The minimum absolute atomic E-state index is 0. The van der Waals surface area contributed by atoms with Crippen LogP contribution in [0.3, 0.4) is 0 Å². The molecular weight excluding hydrogens is 415 g/mol. The van der Waals surface area contributed by atoms with Crippen LogP contribution in [0.1, 0.15) is 13.2 Å². The number of aromatic nitrogens is 4. The summed E-state index contributed by atoms with van der Waals surface area (Å²) in [5.41, 5.74) is 0.222. The van der Waals surface area contributed by atoms with Gasteiger partial charge in [0, 0.05) is 0 Å². The van der Waals surface area contributed by atoms with Crippen LogP contribution >= 0.6 is 0 Å². The summed E-state index contributed by atoms with van der Waals surface area (Å²) in [5.74, 6) is -1.75. The number of imidazole rings is 1. The molecule has 15 heteroatoms. The van der Waals surface area contributed by atoms with E-state index in [-0.39, 0.29) is 46.5 Å². The molecule has 0 radical (unpaired) electrons. The minimum atomic E-state index is -1.67. The standard InChI is InChI=1S/C15H20N6O8.Na/c1-5(23)7(14(26)27)19-15(28)20-11-8-12(17-3-16-11)21(4-18-8)13-10(25)9(24)6(2-22)29-13;/h3-7,9-10,13,22-25H,2H2,1H3,(H,26,27)(H2,16,17,19,20,28);/q;+1/p-1/t5-,6-,7+,9-,10-,13-;/m1./s1. The van der Waals surface area contributed by atoms with Crippen molar-refractivity contribution in [3.05, 3.63) is 12.7 Å². The van der Waals surface area contributed by atoms with Crippen molar-refractivity contribution in [1.29, 1.82) is 0 Å². The molecular formula is C15H19N6NaO8. The Morgan fingerprint density at radius 1 is 1.30 bits per heavy atom. The number of ether oxygens (including phenoxy) is 1. The van der Waals surface area contributed by atoms with Crippen LogP contribution in [0.5, 0.6) is 0 Å². The van der Waals surface area contributed by atoms with E-state index < -0.39 is 55.3 Å². The average Bonchev–Trinajstić information content (AvgIpc) is 3.21. The molecule has 1 aliphatic heterocycles. The number of urea groups is 1. The van der Waals surface area contributed by atoms with Crippen molar-refractivity contribution in [2.75, 3.05) is 11.9 Å². The van der Waals surface area contributed by atoms with E-state index in [0.717, 1.165) is 6.33 Å². The van der Waals surface area contributed by atoms with Crippen molar-refractivity contribution in [3.8, 4) is 0 Å². The monoisotopic (exact) mass is 434 g/mol. The predicted octanol–water partition coefficient (Wildman–Crippen LogP) is -6.94. The number of nitrogens with zero attached hydrogens (tertiary/aromatic N) is 4. The van der Waals surface area contributed by atoms with Gasteiger partial charge < -0.3 is 40.4 Å². The van der Waals surface area contributed by atoms with Crippen LogP contribution in [0.2, 0.25) is 0 Å². The molecule has 6 atom stereocenters. The van der Waals surface area contributed by atoms with Gasteiger partial charge >= 0.3 is 35.6 Å². The number of amides is 2. The van der Waals surface area contributed by atoms with E-state index in [1.54, 1.807) is 0 Å². The second-order valence-corrected chi connectivity index (χ2v) is 6.41. The first kappa shape index (κ1) is 24.4. The fraction of sp³-hybridized carbons (Fsp3) is 0.533. The second-order valence-electron chi connectivity index (χ2n) is 6.41. The summed E-state index contributed by atoms with van der Waals surface area (Å²) in [6, 6.07) is -2.63. The fourth-order valence-electron chi connectivity index (χ4n) is 2.90. The van der Waals surface area contributed by atoms with Crippen LogP contribution in [-0.4, -0.2) is 89.0 Å². The Balaban J connectivity index is 0.00000320. The minimum Gasteiger partial charge on any atom is -0.548 e. The van der Waals surface area contributed by atoms with Crippen LogP contribution in [0.25, 0.3) is 11.2 Å². The first-order valence-electron chi connectivity index (χ1n) is 8.51. The summed E-state index contributed by atoms with van der Waals surface area (Å²) in [4.78, 5) is 35.0. The van der Waals surface area contributed by atoms with Gasteiger partial charge in [-0.2, -0.15) is 0 Å². The van der Waals surface area contributed by atoms with E-state index in [9.17, 15) is 35.1 Å². The largest absolute Gasteiger partial charge is 1.00 e. The maximum absolute atomic E-state index is 12.1. The number of carbonyl (C=O) groups excluding carboxylic acids is 2. The fourth-order valence-corrected chi connectivity index (χ4v) is 2.90. The number of nitrogens with one attached hydrogen (secondary N) is 2. The number of aliphatic hydroxyl groups excluding tert-OH is 4. The molecule has 1 fully saturated rings. The Bertz CT molecular complexity index is 910. The summed E-state index contributed by atoms with van der Waals surface area (Å²) >= 11 is 0. The van der Waals surface area contributed by atoms with Crippen LogP contribution < -0.4 is 45.3 Å². The van der Waals surface area contributed by atoms with E-state index in [4.69, 9.17) is 4.74 Å². The summed E-state index contributed by atoms with van der Waals surface area (Å²) in [6.45, 7) is 0.665. The number of carboxylic acid groups (broad SMARTS) is 1. The second kappa shape index (κ2) is 9.93. The Morgan fingerprint density at radius 2 is 2.00 bits per heavy atom. The molecule has 1 aliphatic rings. The predicted molar refractivity (Wildman–Crippen MR) is 91.0 cm³/mol. The molecule has 3 heterocycles. The summed E-state index contributed by atoms with van der Waals surface area (Å²) in [7, 11) is 0. The topological polar surface area (TPSA) is 215 Å². The van der Waals surface area contributed by atoms with Crippen molar-refractivity contribution < 1.29 is 69.4 Å². The zero-order chi connectivity index (χ0) is 21.3. The van der Waals surface area contributed by atoms with Gasteiger partial charge in [-0.15, -0.1) is 0 Å². The van der Waals surface area contributed by atoms with Crippen molar-refractivity contribution in [2.24, 2.45) is 0 Å². The molecule has 14 nitrogen and oxygen atoms in total. The molecule has 2 amide bonds. The molecule has 0 spiro atoms. The van der Waals surface area contributed by atoms with Gasteiger partial charge in [0.2, 0.25) is 0 Å². The smallest absolute Gasteiger partial charge is 0.548 e. The Morgan fingerprint density at radius 3 is 2.57 bits per heavy atom. The van der Waals surface area contributed by atoms with Gasteiger partial charge in [0.05, 0.1) is 31.0 Å². The third kappa shape index (κ3) is 4.70. The van der Waals surface area contributed by atoms with Gasteiger partial charge in [-0.1, -0.05) is 0 Å². The molecule has 0 aromatic carbocycles. The quantitative estimate of drug-likeness (QED) is 0.235. The molecule has 158 valence electrons. The molecule has 0 saturated carbocycles. The van der Waals surface area contributed by atoms with Crippen molar-refractivity contribution >= 4 is 29.0 Å². The van der Waals surface area contributed by atoms with Gasteiger partial charge in [-0.25, -0.2) is 19.7 Å². The third-order valence-corrected chi connectivity index (χ3v) is 4.40. The normalized spacial score (nSPS) is 25.4. The Kier molecular flexibility index (Phi) is 8.06. The van der Waals surface area contributed by atoms with Gasteiger partial charge in [0.25, 0.3) is 0 Å². The molecule has 0 unspecified atom stereocenters. The third-order valence-electron chi connectivity index (χ3n) is 4.40. The number of aliphatic hydroxyl groups is 4. The maximum atomic E-state index is 12.1. The molecule has 6 N–H and O–H groups in total. The molecule has 2 aromatic heterocycles. The SMILES string of the molecule is C[C@@H](O)[C@H](NC(=O)Nc1ncnc2c1ncn2[C@@H]1O[C@H](CO)[C@@H](O)[C@H]1O)C(=O)[O-].[Na+]. The van der Waals surface area contributed by atoms with Crippen molar-refractivity contribution in [3.63, 3.8) is 0 Å². The first-order valence-corrected chi connectivity index (χ1v) is 8.51. The average molecular weight is 434 g/mol. The molecule has 2 aromatic rings. The van der Waals surface area contributed by atoms with Crippen LogP contribution in [0.15, 0.2) is 12.7 Å². The van der Waals surface area contributed by atoms with E-state index in [1.807, 2.05) is 5.32 Å². The molecule has 3 rings (SSSR count).